The topological polar surface area (TPSA) is 91.8 Å². The average Bonchev–Trinajstić information content (AvgIpc) is 2.87. The first kappa shape index (κ1) is 13.7. The number of anilines is 1. The molecule has 1 heterocycles. The number of nitrogens with zero attached hydrogens (tertiary/aromatic N) is 2. The highest BCUT2D eigenvalue weighted by Gasteiger charge is 2.35. The number of rotatable bonds is 4. The SMILES string of the molecule is N#CC1(NC(=O)CSc2ccc(N)cn2)CCCC1. The van der Waals surface area contributed by atoms with E-state index < -0.39 is 5.54 Å². The third kappa shape index (κ3) is 3.61. The zero-order chi connectivity index (χ0) is 13.7. The average molecular weight is 276 g/mol. The summed E-state index contributed by atoms with van der Waals surface area (Å²) in [5.41, 5.74) is 5.49. The van der Waals surface area contributed by atoms with Gasteiger partial charge in [-0.15, -0.1) is 0 Å². The molecule has 5 nitrogen and oxygen atoms in total. The van der Waals surface area contributed by atoms with E-state index in [4.69, 9.17) is 5.73 Å². The first-order chi connectivity index (χ1) is 9.13. The van der Waals surface area contributed by atoms with Crippen LogP contribution in [0.25, 0.3) is 0 Å². The van der Waals surface area contributed by atoms with Gasteiger partial charge in [0.2, 0.25) is 5.91 Å². The molecule has 1 aliphatic rings. The van der Waals surface area contributed by atoms with E-state index in [9.17, 15) is 10.1 Å². The Hall–Kier alpha value is -1.74. The van der Waals surface area contributed by atoms with Gasteiger partial charge in [-0.2, -0.15) is 5.26 Å². The summed E-state index contributed by atoms with van der Waals surface area (Å²) in [7, 11) is 0. The maximum atomic E-state index is 11.9. The quantitative estimate of drug-likeness (QED) is 0.817. The lowest BCUT2D eigenvalue weighted by atomic mass is 10.0. The van der Waals surface area contributed by atoms with Gasteiger partial charge in [0.25, 0.3) is 0 Å². The van der Waals surface area contributed by atoms with E-state index in [0.29, 0.717) is 5.69 Å². The molecule has 0 bridgehead atoms. The van der Waals surface area contributed by atoms with Gasteiger partial charge < -0.3 is 11.1 Å². The van der Waals surface area contributed by atoms with Crippen molar-refractivity contribution < 1.29 is 4.79 Å². The maximum Gasteiger partial charge on any atom is 0.231 e. The van der Waals surface area contributed by atoms with Crippen molar-refractivity contribution in [3.63, 3.8) is 0 Å². The number of hydrogen-bond donors (Lipinski definition) is 2. The van der Waals surface area contributed by atoms with Gasteiger partial charge in [0.15, 0.2) is 0 Å². The van der Waals surface area contributed by atoms with E-state index >= 15 is 0 Å². The number of nitriles is 1. The standard InChI is InChI=1S/C13H16N4OS/c14-9-13(5-1-2-6-13)17-11(18)8-19-12-4-3-10(15)7-16-12/h3-4,7H,1-2,5-6,8,15H2,(H,17,18). The molecule has 100 valence electrons. The third-order valence-electron chi connectivity index (χ3n) is 3.16. The lowest BCUT2D eigenvalue weighted by Crippen LogP contribution is -2.45. The summed E-state index contributed by atoms with van der Waals surface area (Å²) in [6.45, 7) is 0. The van der Waals surface area contributed by atoms with Crippen molar-refractivity contribution in [3.05, 3.63) is 18.3 Å². The Labute approximate surface area is 116 Å². The van der Waals surface area contributed by atoms with Crippen LogP contribution < -0.4 is 11.1 Å². The number of thioether (sulfide) groups is 1. The molecule has 0 radical (unpaired) electrons. The number of aromatic nitrogens is 1. The van der Waals surface area contributed by atoms with Gasteiger partial charge in [0.05, 0.1) is 28.7 Å². The van der Waals surface area contributed by atoms with Gasteiger partial charge >= 0.3 is 0 Å². The fourth-order valence-electron chi connectivity index (χ4n) is 2.16. The minimum absolute atomic E-state index is 0.118. The Morgan fingerprint density at radius 2 is 2.26 bits per heavy atom. The van der Waals surface area contributed by atoms with E-state index in [-0.39, 0.29) is 11.7 Å². The summed E-state index contributed by atoms with van der Waals surface area (Å²) in [6, 6.07) is 5.77. The molecule has 1 fully saturated rings. The minimum atomic E-state index is -0.647. The molecule has 19 heavy (non-hydrogen) atoms. The zero-order valence-corrected chi connectivity index (χ0v) is 11.4. The maximum absolute atomic E-state index is 11.9. The molecular weight excluding hydrogens is 260 g/mol. The van der Waals surface area contributed by atoms with Crippen LogP contribution in [-0.4, -0.2) is 22.2 Å². The first-order valence-corrected chi connectivity index (χ1v) is 7.19. The van der Waals surface area contributed by atoms with Gasteiger partial charge in [-0.25, -0.2) is 4.98 Å². The van der Waals surface area contributed by atoms with Crippen molar-refractivity contribution in [2.75, 3.05) is 11.5 Å². The third-order valence-corrected chi connectivity index (χ3v) is 4.10. The van der Waals surface area contributed by atoms with Gasteiger partial charge in [-0.05, 0) is 37.8 Å². The molecule has 0 unspecified atom stereocenters. The molecule has 1 aromatic heterocycles. The van der Waals surface area contributed by atoms with Crippen molar-refractivity contribution in [3.8, 4) is 6.07 Å². The molecule has 0 aliphatic heterocycles. The molecule has 1 aromatic rings. The number of carbonyl (C=O) groups excluding carboxylic acids is 1. The van der Waals surface area contributed by atoms with Gasteiger partial charge in [0, 0.05) is 0 Å². The molecule has 0 spiro atoms. The molecule has 0 saturated heterocycles. The molecule has 3 N–H and O–H groups in total. The van der Waals surface area contributed by atoms with Crippen LogP contribution in [0.5, 0.6) is 0 Å². The largest absolute Gasteiger partial charge is 0.397 e. The number of nitrogen functional groups attached to an aromatic ring is 1. The molecule has 6 heteroatoms. The summed E-state index contributed by atoms with van der Waals surface area (Å²) >= 11 is 1.34. The predicted molar refractivity (Wildman–Crippen MR) is 74.3 cm³/mol. The van der Waals surface area contributed by atoms with E-state index in [1.54, 1.807) is 18.3 Å². The summed E-state index contributed by atoms with van der Waals surface area (Å²) in [5.74, 6) is 0.146. The highest BCUT2D eigenvalue weighted by Crippen LogP contribution is 2.29. The summed E-state index contributed by atoms with van der Waals surface area (Å²) in [4.78, 5) is 16.0. The van der Waals surface area contributed by atoms with E-state index in [1.807, 2.05) is 0 Å². The van der Waals surface area contributed by atoms with Gasteiger partial charge in [-0.3, -0.25) is 4.79 Å². The number of nitrogens with one attached hydrogen (secondary N) is 1. The summed E-state index contributed by atoms with van der Waals surface area (Å²) in [6.07, 6.45) is 5.06. The molecule has 0 atom stereocenters. The van der Waals surface area contributed by atoms with E-state index in [2.05, 4.69) is 16.4 Å². The van der Waals surface area contributed by atoms with Crippen molar-refractivity contribution >= 4 is 23.4 Å². The summed E-state index contributed by atoms with van der Waals surface area (Å²) < 4.78 is 0. The molecule has 1 amide bonds. The Morgan fingerprint density at radius 1 is 1.53 bits per heavy atom. The smallest absolute Gasteiger partial charge is 0.231 e. The van der Waals surface area contributed by atoms with Gasteiger partial charge in [-0.1, -0.05) is 11.8 Å². The Bertz CT molecular complexity index is 488. The normalized spacial score (nSPS) is 16.8. The van der Waals surface area contributed by atoms with Crippen LogP contribution in [-0.2, 0) is 4.79 Å². The molecule has 1 aliphatic carbocycles. The van der Waals surface area contributed by atoms with Crippen LogP contribution in [0.1, 0.15) is 25.7 Å². The number of carbonyl (C=O) groups is 1. The van der Waals surface area contributed by atoms with Crippen LogP contribution in [0.3, 0.4) is 0 Å². The zero-order valence-electron chi connectivity index (χ0n) is 10.6. The lowest BCUT2D eigenvalue weighted by molar-refractivity contribution is -0.119. The lowest BCUT2D eigenvalue weighted by Gasteiger charge is -2.21. The highest BCUT2D eigenvalue weighted by molar-refractivity contribution is 7.99. The molecule has 1 saturated carbocycles. The van der Waals surface area contributed by atoms with Crippen molar-refractivity contribution in [1.82, 2.24) is 10.3 Å². The number of pyridine rings is 1. The van der Waals surface area contributed by atoms with Crippen molar-refractivity contribution in [1.29, 1.82) is 5.26 Å². The minimum Gasteiger partial charge on any atom is -0.397 e. The van der Waals surface area contributed by atoms with Crippen molar-refractivity contribution in [2.45, 2.75) is 36.2 Å². The van der Waals surface area contributed by atoms with Crippen LogP contribution in [0.2, 0.25) is 0 Å². The molecule has 2 rings (SSSR count). The van der Waals surface area contributed by atoms with Crippen LogP contribution in [0, 0.1) is 11.3 Å². The van der Waals surface area contributed by atoms with Crippen molar-refractivity contribution in [2.24, 2.45) is 0 Å². The predicted octanol–water partition coefficient (Wildman–Crippen LogP) is 1.71. The molecule has 0 aromatic carbocycles. The van der Waals surface area contributed by atoms with E-state index in [1.165, 1.54) is 11.8 Å². The monoisotopic (exact) mass is 276 g/mol. The fourth-order valence-corrected chi connectivity index (χ4v) is 2.81. The van der Waals surface area contributed by atoms with Gasteiger partial charge in [0.1, 0.15) is 5.54 Å². The second-order valence-corrected chi connectivity index (χ2v) is 5.66. The second kappa shape index (κ2) is 5.93. The highest BCUT2D eigenvalue weighted by atomic mass is 32.2. The first-order valence-electron chi connectivity index (χ1n) is 6.20. The Kier molecular flexibility index (Phi) is 4.27. The molecular formula is C13H16N4OS. The Morgan fingerprint density at radius 3 is 2.84 bits per heavy atom. The fraction of sp³-hybridized carbons (Fsp3) is 0.462. The van der Waals surface area contributed by atoms with Crippen LogP contribution >= 0.6 is 11.8 Å². The van der Waals surface area contributed by atoms with Crippen LogP contribution in [0.15, 0.2) is 23.4 Å². The van der Waals surface area contributed by atoms with Crippen LogP contribution in [0.4, 0.5) is 5.69 Å². The Balaban J connectivity index is 1.85. The second-order valence-electron chi connectivity index (χ2n) is 4.67. The summed E-state index contributed by atoms with van der Waals surface area (Å²) in [5, 5.41) is 12.8. The van der Waals surface area contributed by atoms with E-state index in [0.717, 1.165) is 30.7 Å². The number of nitrogens with two attached hydrogens (primary N) is 1. The number of amides is 1. The number of hydrogen-bond acceptors (Lipinski definition) is 5.